The molecule has 1 heterocycles. The maximum atomic E-state index is 5.21. The van der Waals surface area contributed by atoms with Gasteiger partial charge >= 0.3 is 0 Å². The molecule has 286 valence electrons. The van der Waals surface area contributed by atoms with Crippen LogP contribution >= 0.6 is 0 Å². The average molecular weight is 770 g/mol. The van der Waals surface area contributed by atoms with Crippen LogP contribution in [0.2, 0.25) is 0 Å². The molecular weight excluding hydrogens is 727 g/mol. The Morgan fingerprint density at radius 3 is 1.67 bits per heavy atom. The summed E-state index contributed by atoms with van der Waals surface area (Å²) in [6.07, 6.45) is 7.00. The number of hydrogen-bond donors (Lipinski definition) is 0. The highest BCUT2D eigenvalue weighted by Crippen LogP contribution is 2.70. The molecule has 0 unspecified atom stereocenters. The normalized spacial score (nSPS) is 22.1. The Morgan fingerprint density at radius 2 is 0.900 bits per heavy atom. The Balaban J connectivity index is 0.971. The largest absolute Gasteiger partial charge is 0.208 e. The first kappa shape index (κ1) is 34.2. The van der Waals surface area contributed by atoms with E-state index >= 15 is 0 Å². The molecule has 0 radical (unpaired) electrons. The number of rotatable bonds is 5. The fraction of sp³-hybridized carbons (Fsp3) is 0.175. The zero-order chi connectivity index (χ0) is 39.4. The topological polar surface area (TPSA) is 38.7 Å². The number of benzene rings is 8. The Morgan fingerprint density at radius 1 is 0.350 bits per heavy atom. The molecule has 4 bridgehead atoms. The second-order valence-corrected chi connectivity index (χ2v) is 18.0. The first-order valence-electron chi connectivity index (χ1n) is 21.9. The van der Waals surface area contributed by atoms with E-state index in [4.69, 9.17) is 15.0 Å². The van der Waals surface area contributed by atoms with Gasteiger partial charge in [-0.2, -0.15) is 0 Å². The molecule has 1 aromatic heterocycles. The van der Waals surface area contributed by atoms with Gasteiger partial charge in [0.25, 0.3) is 0 Å². The lowest BCUT2D eigenvalue weighted by molar-refractivity contribution is -0.0399. The van der Waals surface area contributed by atoms with Crippen molar-refractivity contribution in [3.63, 3.8) is 0 Å². The van der Waals surface area contributed by atoms with Gasteiger partial charge in [-0.05, 0) is 140 Å². The van der Waals surface area contributed by atoms with E-state index in [2.05, 4.69) is 158 Å². The minimum atomic E-state index is 0.125. The molecule has 3 nitrogen and oxygen atoms in total. The summed E-state index contributed by atoms with van der Waals surface area (Å²) >= 11 is 0. The standard InChI is InChI=1S/C57H43N3/c1-3-11-37(12-4-1)41-17-9-18-43(32-41)55-58-54(40-14-5-2-6-15-40)59-56(60-55)44-22-21-39-16-10-20-47(49(39)34-44)42-24-25-51-50(33-42)53-48-19-8-7-13-38(48)23-26-52(53)57(51)45-28-35-27-36(30-45)31-46(57)29-35/h1-26,32-36,45-46H,27-31H2. The van der Waals surface area contributed by atoms with Crippen molar-refractivity contribution in [2.24, 2.45) is 23.7 Å². The lowest BCUT2D eigenvalue weighted by atomic mass is 9.43. The van der Waals surface area contributed by atoms with Crippen molar-refractivity contribution in [3.8, 4) is 67.5 Å². The van der Waals surface area contributed by atoms with Crippen molar-refractivity contribution in [2.75, 3.05) is 0 Å². The van der Waals surface area contributed by atoms with Crippen LogP contribution in [-0.2, 0) is 5.41 Å². The summed E-state index contributed by atoms with van der Waals surface area (Å²) in [5.74, 6) is 5.28. The van der Waals surface area contributed by atoms with Crippen molar-refractivity contribution in [3.05, 3.63) is 187 Å². The van der Waals surface area contributed by atoms with Crippen LogP contribution in [0, 0.1) is 23.7 Å². The van der Waals surface area contributed by atoms with Crippen molar-refractivity contribution >= 4 is 21.5 Å². The highest BCUT2D eigenvalue weighted by molar-refractivity contribution is 6.05. The maximum absolute atomic E-state index is 5.21. The Bertz CT molecular complexity index is 3140. The van der Waals surface area contributed by atoms with Crippen LogP contribution < -0.4 is 0 Å². The van der Waals surface area contributed by atoms with Gasteiger partial charge in [0.1, 0.15) is 0 Å². The summed E-state index contributed by atoms with van der Waals surface area (Å²) in [5, 5.41) is 5.13. The van der Waals surface area contributed by atoms with Crippen molar-refractivity contribution in [2.45, 2.75) is 37.5 Å². The highest BCUT2D eigenvalue weighted by atomic mass is 15.0. The monoisotopic (exact) mass is 769 g/mol. The summed E-state index contributed by atoms with van der Waals surface area (Å²) < 4.78 is 0. The smallest absolute Gasteiger partial charge is 0.164 e. The van der Waals surface area contributed by atoms with Crippen molar-refractivity contribution in [1.29, 1.82) is 0 Å². The average Bonchev–Trinajstić information content (AvgIpc) is 3.61. The molecule has 4 fully saturated rings. The highest BCUT2D eigenvalue weighted by Gasteiger charge is 2.61. The first-order valence-corrected chi connectivity index (χ1v) is 21.9. The lowest BCUT2D eigenvalue weighted by Gasteiger charge is -2.61. The maximum Gasteiger partial charge on any atom is 0.164 e. The summed E-state index contributed by atoms with van der Waals surface area (Å²) in [5.41, 5.74) is 13.9. The summed E-state index contributed by atoms with van der Waals surface area (Å²) in [4.78, 5) is 15.4. The van der Waals surface area contributed by atoms with Gasteiger partial charge in [0, 0.05) is 22.1 Å². The second kappa shape index (κ2) is 13.1. The molecule has 0 amide bonds. The van der Waals surface area contributed by atoms with E-state index in [9.17, 15) is 0 Å². The van der Waals surface area contributed by atoms with Crippen LogP contribution in [0.4, 0.5) is 0 Å². The van der Waals surface area contributed by atoms with Crippen molar-refractivity contribution < 1.29 is 0 Å². The third-order valence-corrected chi connectivity index (χ3v) is 14.9. The quantitative estimate of drug-likeness (QED) is 0.175. The first-order chi connectivity index (χ1) is 29.7. The number of hydrogen-bond acceptors (Lipinski definition) is 3. The molecule has 0 saturated heterocycles. The second-order valence-electron chi connectivity index (χ2n) is 18.0. The van der Waals surface area contributed by atoms with Gasteiger partial charge < -0.3 is 0 Å². The van der Waals surface area contributed by atoms with Gasteiger partial charge in [-0.1, -0.05) is 158 Å². The third kappa shape index (κ3) is 5.11. The van der Waals surface area contributed by atoms with Crippen LogP contribution in [0.25, 0.3) is 89.1 Å². The van der Waals surface area contributed by atoms with Gasteiger partial charge in [-0.25, -0.2) is 15.0 Å². The zero-order valence-corrected chi connectivity index (χ0v) is 33.4. The number of nitrogens with zero attached hydrogens (tertiary/aromatic N) is 3. The van der Waals surface area contributed by atoms with Crippen LogP contribution in [0.5, 0.6) is 0 Å². The van der Waals surface area contributed by atoms with Gasteiger partial charge in [-0.3, -0.25) is 0 Å². The Labute approximate surface area is 350 Å². The summed E-state index contributed by atoms with van der Waals surface area (Å²) in [6, 6.07) is 64.3. The molecule has 8 aromatic carbocycles. The Hall–Kier alpha value is -6.71. The molecule has 0 aliphatic heterocycles. The molecule has 1 spiro atoms. The molecule has 60 heavy (non-hydrogen) atoms. The molecule has 14 rings (SSSR count). The van der Waals surface area contributed by atoms with Crippen molar-refractivity contribution in [1.82, 2.24) is 15.0 Å². The zero-order valence-electron chi connectivity index (χ0n) is 33.4. The van der Waals surface area contributed by atoms with Gasteiger partial charge in [-0.15, -0.1) is 0 Å². The number of fused-ring (bicyclic) bond motifs is 6. The van der Waals surface area contributed by atoms with E-state index in [-0.39, 0.29) is 5.41 Å². The number of aromatic nitrogens is 3. The molecule has 0 atom stereocenters. The molecule has 3 heteroatoms. The van der Waals surface area contributed by atoms with Gasteiger partial charge in [0.2, 0.25) is 0 Å². The minimum absolute atomic E-state index is 0.125. The molecular formula is C57H43N3. The van der Waals surface area contributed by atoms with Crippen LogP contribution in [0.1, 0.15) is 43.2 Å². The lowest BCUT2D eigenvalue weighted by Crippen LogP contribution is -2.55. The van der Waals surface area contributed by atoms with E-state index < -0.39 is 0 Å². The fourth-order valence-electron chi connectivity index (χ4n) is 12.6. The van der Waals surface area contributed by atoms with E-state index in [1.165, 1.54) is 75.9 Å². The molecule has 9 aromatic rings. The van der Waals surface area contributed by atoms with Crippen LogP contribution in [0.3, 0.4) is 0 Å². The molecule has 4 saturated carbocycles. The fourth-order valence-corrected chi connectivity index (χ4v) is 12.6. The van der Waals surface area contributed by atoms with Gasteiger partial charge in [0.15, 0.2) is 17.5 Å². The minimum Gasteiger partial charge on any atom is -0.208 e. The third-order valence-electron chi connectivity index (χ3n) is 14.9. The SMILES string of the molecule is c1ccc(-c2cccc(-c3nc(-c4ccccc4)nc(-c4ccc5cccc(-c6ccc7c(c6)-c6c(ccc8ccccc68)C76C7CC8CC(C7)CC6C8)c5c4)n3)c2)cc1. The molecule has 5 aliphatic carbocycles. The summed E-state index contributed by atoms with van der Waals surface area (Å²) in [6.45, 7) is 0. The van der Waals surface area contributed by atoms with E-state index in [0.717, 1.165) is 51.5 Å². The molecule has 0 N–H and O–H groups in total. The van der Waals surface area contributed by atoms with E-state index in [1.54, 1.807) is 11.1 Å². The predicted molar refractivity (Wildman–Crippen MR) is 245 cm³/mol. The Kier molecular flexibility index (Phi) is 7.49. The van der Waals surface area contributed by atoms with E-state index in [1.807, 2.05) is 18.2 Å². The summed E-state index contributed by atoms with van der Waals surface area (Å²) in [7, 11) is 0. The van der Waals surface area contributed by atoms with E-state index in [0.29, 0.717) is 17.5 Å². The molecule has 5 aliphatic rings. The predicted octanol–water partition coefficient (Wildman–Crippen LogP) is 14.2. The van der Waals surface area contributed by atoms with Crippen LogP contribution in [-0.4, -0.2) is 15.0 Å². The van der Waals surface area contributed by atoms with Crippen LogP contribution in [0.15, 0.2) is 176 Å². The van der Waals surface area contributed by atoms with Gasteiger partial charge in [0.05, 0.1) is 0 Å².